The van der Waals surface area contributed by atoms with Crippen molar-refractivity contribution in [1.29, 1.82) is 0 Å². The second-order valence-electron chi connectivity index (χ2n) is 9.35. The largest absolute Gasteiger partial charge is 0.309 e. The molecule has 0 saturated heterocycles. The lowest BCUT2D eigenvalue weighted by Gasteiger charge is -2.21. The van der Waals surface area contributed by atoms with E-state index in [1.165, 1.54) is 49.0 Å². The fourth-order valence-corrected chi connectivity index (χ4v) is 7.72. The number of rotatable bonds is 5. The van der Waals surface area contributed by atoms with Crippen molar-refractivity contribution < 1.29 is 0 Å². The molecule has 2 heterocycles. The Bertz CT molecular complexity index is 1820. The molecule has 38 heavy (non-hydrogen) atoms. The molecular formula is C35H25N2P. The van der Waals surface area contributed by atoms with Crippen molar-refractivity contribution in [2.45, 2.75) is 0 Å². The maximum Gasteiger partial charge on any atom is 0.0541 e. The third-order valence-corrected chi connectivity index (χ3v) is 9.44. The van der Waals surface area contributed by atoms with Gasteiger partial charge in [-0.05, 0) is 65.8 Å². The molecule has 0 bridgehead atoms. The number of hydrogen-bond donors (Lipinski definition) is 0. The summed E-state index contributed by atoms with van der Waals surface area (Å²) in [6.45, 7) is 0. The molecule has 2 aromatic heterocycles. The van der Waals surface area contributed by atoms with Crippen LogP contribution in [0.15, 0.2) is 152 Å². The van der Waals surface area contributed by atoms with Crippen LogP contribution in [0.2, 0.25) is 0 Å². The summed E-state index contributed by atoms with van der Waals surface area (Å²) in [7, 11) is -0.765. The van der Waals surface area contributed by atoms with Gasteiger partial charge in [-0.3, -0.25) is 4.98 Å². The van der Waals surface area contributed by atoms with Gasteiger partial charge >= 0.3 is 0 Å². The zero-order chi connectivity index (χ0) is 25.3. The van der Waals surface area contributed by atoms with Crippen LogP contribution in [0.25, 0.3) is 38.6 Å². The summed E-state index contributed by atoms with van der Waals surface area (Å²) in [4.78, 5) is 4.34. The van der Waals surface area contributed by atoms with E-state index in [0.717, 1.165) is 5.56 Å². The van der Waals surface area contributed by atoms with Crippen LogP contribution in [0, 0.1) is 0 Å². The lowest BCUT2D eigenvalue weighted by Crippen LogP contribution is -2.21. The predicted octanol–water partition coefficient (Wildman–Crippen LogP) is 7.60. The molecule has 1 unspecified atom stereocenters. The van der Waals surface area contributed by atoms with Crippen molar-refractivity contribution in [1.82, 2.24) is 9.55 Å². The molecule has 0 fully saturated rings. The van der Waals surface area contributed by atoms with Gasteiger partial charge in [0.25, 0.3) is 0 Å². The second-order valence-corrected chi connectivity index (χ2v) is 11.6. The lowest BCUT2D eigenvalue weighted by atomic mass is 10.1. The van der Waals surface area contributed by atoms with Crippen LogP contribution in [-0.4, -0.2) is 9.55 Å². The van der Waals surface area contributed by atoms with E-state index in [0.29, 0.717) is 0 Å². The fraction of sp³-hybridized carbons (Fsp3) is 0. The molecular weight excluding hydrogens is 479 g/mol. The zero-order valence-corrected chi connectivity index (χ0v) is 21.7. The molecule has 0 amide bonds. The summed E-state index contributed by atoms with van der Waals surface area (Å²) in [5, 5.41) is 6.55. The van der Waals surface area contributed by atoms with E-state index in [1.807, 2.05) is 18.5 Å². The Morgan fingerprint density at radius 2 is 1.08 bits per heavy atom. The van der Waals surface area contributed by atoms with Crippen LogP contribution in [0.5, 0.6) is 0 Å². The Balaban J connectivity index is 1.42. The van der Waals surface area contributed by atoms with Crippen molar-refractivity contribution in [3.8, 4) is 16.8 Å². The van der Waals surface area contributed by atoms with Gasteiger partial charge in [-0.25, -0.2) is 0 Å². The summed E-state index contributed by atoms with van der Waals surface area (Å²) in [5.74, 6) is 0. The Hall–Kier alpha value is -4.52. The lowest BCUT2D eigenvalue weighted by molar-refractivity contribution is 1.18. The molecule has 0 spiro atoms. The molecule has 0 radical (unpaired) electrons. The van der Waals surface area contributed by atoms with Crippen LogP contribution in [-0.2, 0) is 0 Å². The van der Waals surface area contributed by atoms with Crippen LogP contribution in [0.4, 0.5) is 0 Å². The number of hydrogen-bond acceptors (Lipinski definition) is 1. The summed E-state index contributed by atoms with van der Waals surface area (Å²) < 4.78 is 2.40. The summed E-state index contributed by atoms with van der Waals surface area (Å²) in [6.07, 6.45) is 3.76. The number of benzene rings is 5. The highest BCUT2D eigenvalue weighted by molar-refractivity contribution is 7.79. The summed E-state index contributed by atoms with van der Waals surface area (Å²) in [6, 6.07) is 50.5. The minimum Gasteiger partial charge on any atom is -0.309 e. The molecule has 0 aliphatic heterocycles. The number of para-hydroxylation sites is 2. The Kier molecular flexibility index (Phi) is 5.81. The molecule has 180 valence electrons. The van der Waals surface area contributed by atoms with Crippen molar-refractivity contribution in [2.75, 3.05) is 0 Å². The van der Waals surface area contributed by atoms with Gasteiger partial charge in [0.1, 0.15) is 0 Å². The zero-order valence-electron chi connectivity index (χ0n) is 20.8. The average molecular weight is 505 g/mol. The van der Waals surface area contributed by atoms with E-state index in [-0.39, 0.29) is 0 Å². The Labute approximate surface area is 223 Å². The van der Waals surface area contributed by atoms with Crippen LogP contribution in [0.3, 0.4) is 0 Å². The molecule has 7 aromatic rings. The predicted molar refractivity (Wildman–Crippen MR) is 163 cm³/mol. The average Bonchev–Trinajstić information content (AvgIpc) is 3.33. The first-order valence-electron chi connectivity index (χ1n) is 12.8. The molecule has 0 N–H and O–H groups in total. The molecule has 1 atom stereocenters. The van der Waals surface area contributed by atoms with Gasteiger partial charge in [0, 0.05) is 34.4 Å². The van der Waals surface area contributed by atoms with Crippen molar-refractivity contribution in [3.63, 3.8) is 0 Å². The third-order valence-electron chi connectivity index (χ3n) is 7.04. The quantitative estimate of drug-likeness (QED) is 0.221. The number of pyridine rings is 1. The van der Waals surface area contributed by atoms with Gasteiger partial charge in [0.15, 0.2) is 0 Å². The standard InChI is InChI=1S/C35H25N2P/c1-2-14-29(15-3-1)38(30-16-8-11-26(23-30)27-12-10-22-36-25-27)31-17-9-13-28(24-31)37-34-20-6-4-18-32(34)33-19-5-7-21-35(33)37/h1-25H. The molecule has 0 aliphatic carbocycles. The molecule has 5 aromatic carbocycles. The number of nitrogens with zero attached hydrogens (tertiary/aromatic N) is 2. The maximum absolute atomic E-state index is 4.34. The SMILES string of the molecule is c1ccc(P(c2cccc(-c3cccnc3)c2)c2cccc(-n3c4ccccc4c4ccccc43)c2)cc1. The number of aromatic nitrogens is 2. The topological polar surface area (TPSA) is 17.8 Å². The summed E-state index contributed by atoms with van der Waals surface area (Å²) >= 11 is 0. The minimum atomic E-state index is -0.765. The van der Waals surface area contributed by atoms with E-state index in [9.17, 15) is 0 Å². The normalized spacial score (nSPS) is 12.1. The minimum absolute atomic E-state index is 0.765. The smallest absolute Gasteiger partial charge is 0.0541 e. The van der Waals surface area contributed by atoms with Crippen molar-refractivity contribution in [2.24, 2.45) is 0 Å². The van der Waals surface area contributed by atoms with Crippen LogP contribution in [0.1, 0.15) is 0 Å². The second kappa shape index (κ2) is 9.74. The Morgan fingerprint density at radius 3 is 1.79 bits per heavy atom. The van der Waals surface area contributed by atoms with Crippen LogP contribution < -0.4 is 15.9 Å². The molecule has 2 nitrogen and oxygen atoms in total. The fourth-order valence-electron chi connectivity index (χ4n) is 5.35. The van der Waals surface area contributed by atoms with Gasteiger partial charge in [0.05, 0.1) is 11.0 Å². The van der Waals surface area contributed by atoms with E-state index >= 15 is 0 Å². The maximum atomic E-state index is 4.34. The Morgan fingerprint density at radius 1 is 0.474 bits per heavy atom. The van der Waals surface area contributed by atoms with Crippen molar-refractivity contribution >= 4 is 45.6 Å². The van der Waals surface area contributed by atoms with Crippen molar-refractivity contribution in [3.05, 3.63) is 152 Å². The first kappa shape index (κ1) is 22.7. The first-order valence-corrected chi connectivity index (χ1v) is 14.2. The summed E-state index contributed by atoms with van der Waals surface area (Å²) in [5.41, 5.74) is 5.97. The molecule has 3 heteroatoms. The number of fused-ring (bicyclic) bond motifs is 3. The van der Waals surface area contributed by atoms with E-state index < -0.39 is 7.92 Å². The van der Waals surface area contributed by atoms with E-state index in [2.05, 4.69) is 143 Å². The van der Waals surface area contributed by atoms with Gasteiger partial charge in [-0.15, -0.1) is 0 Å². The highest BCUT2D eigenvalue weighted by Gasteiger charge is 2.19. The highest BCUT2D eigenvalue weighted by Crippen LogP contribution is 2.36. The third kappa shape index (κ3) is 4.00. The molecule has 0 saturated carbocycles. The van der Waals surface area contributed by atoms with Gasteiger partial charge in [-0.2, -0.15) is 0 Å². The van der Waals surface area contributed by atoms with Crippen LogP contribution >= 0.6 is 7.92 Å². The monoisotopic (exact) mass is 504 g/mol. The first-order chi connectivity index (χ1) is 18.9. The van der Waals surface area contributed by atoms with Gasteiger partial charge < -0.3 is 4.57 Å². The molecule has 0 aliphatic rings. The molecule has 7 rings (SSSR count). The van der Waals surface area contributed by atoms with E-state index in [4.69, 9.17) is 0 Å². The van der Waals surface area contributed by atoms with E-state index in [1.54, 1.807) is 0 Å². The highest BCUT2D eigenvalue weighted by atomic mass is 31.1. The van der Waals surface area contributed by atoms with Gasteiger partial charge in [0.2, 0.25) is 0 Å². The van der Waals surface area contributed by atoms with Gasteiger partial charge in [-0.1, -0.05) is 103 Å².